The lowest BCUT2D eigenvalue weighted by Crippen LogP contribution is -2.34. The highest BCUT2D eigenvalue weighted by molar-refractivity contribution is 7.80. The van der Waals surface area contributed by atoms with Crippen LogP contribution in [0.3, 0.4) is 0 Å². The van der Waals surface area contributed by atoms with Crippen LogP contribution >= 0.6 is 12.2 Å². The SMILES string of the molecule is CCNC(=O)CN(C)Cc1ccc(OC)c(C(N)=S)c1. The molecule has 0 saturated carbocycles. The van der Waals surface area contributed by atoms with Gasteiger partial charge in [0.25, 0.3) is 0 Å². The number of thiocarbonyl (C=S) groups is 1. The zero-order valence-corrected chi connectivity index (χ0v) is 12.9. The Labute approximate surface area is 125 Å². The predicted molar refractivity (Wildman–Crippen MR) is 83.9 cm³/mol. The minimum Gasteiger partial charge on any atom is -0.496 e. The van der Waals surface area contributed by atoms with Crippen LogP contribution in [0.15, 0.2) is 18.2 Å². The van der Waals surface area contributed by atoms with Crippen molar-refractivity contribution >= 4 is 23.1 Å². The molecule has 0 bridgehead atoms. The molecule has 0 aliphatic rings. The lowest BCUT2D eigenvalue weighted by atomic mass is 10.1. The lowest BCUT2D eigenvalue weighted by molar-refractivity contribution is -0.121. The van der Waals surface area contributed by atoms with E-state index in [0.717, 1.165) is 5.56 Å². The maximum absolute atomic E-state index is 11.5. The Balaban J connectivity index is 2.75. The van der Waals surface area contributed by atoms with E-state index in [1.807, 2.05) is 37.1 Å². The quantitative estimate of drug-likeness (QED) is 0.732. The first-order valence-electron chi connectivity index (χ1n) is 6.39. The van der Waals surface area contributed by atoms with E-state index < -0.39 is 0 Å². The Morgan fingerprint density at radius 3 is 2.75 bits per heavy atom. The number of amides is 1. The van der Waals surface area contributed by atoms with E-state index >= 15 is 0 Å². The molecule has 0 aliphatic heterocycles. The molecule has 1 rings (SSSR count). The van der Waals surface area contributed by atoms with Crippen LogP contribution < -0.4 is 15.8 Å². The van der Waals surface area contributed by atoms with Crippen LogP contribution in [0.2, 0.25) is 0 Å². The topological polar surface area (TPSA) is 67.6 Å². The predicted octanol–water partition coefficient (Wildman–Crippen LogP) is 0.897. The average molecular weight is 295 g/mol. The summed E-state index contributed by atoms with van der Waals surface area (Å²) in [5.41, 5.74) is 7.43. The molecule has 0 fully saturated rings. The molecule has 1 aromatic rings. The second-order valence-electron chi connectivity index (χ2n) is 4.52. The fourth-order valence-corrected chi connectivity index (χ4v) is 2.07. The minimum absolute atomic E-state index is 0.0121. The number of rotatable bonds is 7. The average Bonchev–Trinajstić information content (AvgIpc) is 2.38. The summed E-state index contributed by atoms with van der Waals surface area (Å²) < 4.78 is 5.22. The molecule has 0 radical (unpaired) electrons. The maximum atomic E-state index is 11.5. The van der Waals surface area contributed by atoms with Gasteiger partial charge >= 0.3 is 0 Å². The Kier molecular flexibility index (Phi) is 6.41. The van der Waals surface area contributed by atoms with E-state index in [9.17, 15) is 4.79 Å². The third kappa shape index (κ3) is 4.79. The molecule has 1 amide bonds. The molecule has 0 aliphatic carbocycles. The highest BCUT2D eigenvalue weighted by atomic mass is 32.1. The molecular formula is C14H21N3O2S. The van der Waals surface area contributed by atoms with E-state index in [-0.39, 0.29) is 5.91 Å². The first-order valence-corrected chi connectivity index (χ1v) is 6.80. The van der Waals surface area contributed by atoms with Gasteiger partial charge in [0, 0.05) is 13.1 Å². The molecule has 0 heterocycles. The monoisotopic (exact) mass is 295 g/mol. The van der Waals surface area contributed by atoms with Crippen molar-refractivity contribution in [1.82, 2.24) is 10.2 Å². The molecular weight excluding hydrogens is 274 g/mol. The first kappa shape index (κ1) is 16.4. The van der Waals surface area contributed by atoms with Crippen molar-refractivity contribution in [3.63, 3.8) is 0 Å². The van der Waals surface area contributed by atoms with Crippen molar-refractivity contribution in [2.75, 3.05) is 27.2 Å². The van der Waals surface area contributed by atoms with Crippen molar-refractivity contribution in [2.24, 2.45) is 5.73 Å². The molecule has 5 nitrogen and oxygen atoms in total. The summed E-state index contributed by atoms with van der Waals surface area (Å²) in [5, 5.41) is 2.77. The number of hydrogen-bond acceptors (Lipinski definition) is 4. The number of nitrogens with one attached hydrogen (secondary N) is 1. The van der Waals surface area contributed by atoms with Gasteiger partial charge in [-0.25, -0.2) is 0 Å². The van der Waals surface area contributed by atoms with Gasteiger partial charge in [0.15, 0.2) is 0 Å². The zero-order chi connectivity index (χ0) is 15.1. The molecule has 0 aromatic heterocycles. The number of likely N-dealkylation sites (N-methyl/N-ethyl adjacent to an activating group) is 2. The third-order valence-corrected chi connectivity index (χ3v) is 2.99. The van der Waals surface area contributed by atoms with Crippen molar-refractivity contribution in [2.45, 2.75) is 13.5 Å². The highest BCUT2D eigenvalue weighted by Gasteiger charge is 2.10. The van der Waals surface area contributed by atoms with E-state index in [2.05, 4.69) is 5.32 Å². The largest absolute Gasteiger partial charge is 0.496 e. The Bertz CT molecular complexity index is 491. The fourth-order valence-electron chi connectivity index (χ4n) is 1.91. The van der Waals surface area contributed by atoms with Gasteiger partial charge in [-0.1, -0.05) is 18.3 Å². The normalized spacial score (nSPS) is 10.4. The van der Waals surface area contributed by atoms with E-state index in [1.165, 1.54) is 0 Å². The van der Waals surface area contributed by atoms with E-state index in [4.69, 9.17) is 22.7 Å². The summed E-state index contributed by atoms with van der Waals surface area (Å²) in [7, 11) is 3.47. The summed E-state index contributed by atoms with van der Waals surface area (Å²) in [4.78, 5) is 13.7. The third-order valence-electron chi connectivity index (χ3n) is 2.77. The van der Waals surface area contributed by atoms with Crippen molar-refractivity contribution < 1.29 is 9.53 Å². The second-order valence-corrected chi connectivity index (χ2v) is 4.96. The van der Waals surface area contributed by atoms with E-state index in [0.29, 0.717) is 35.9 Å². The number of carbonyl (C=O) groups is 1. The highest BCUT2D eigenvalue weighted by Crippen LogP contribution is 2.20. The summed E-state index contributed by atoms with van der Waals surface area (Å²) in [6, 6.07) is 5.67. The second kappa shape index (κ2) is 7.81. The van der Waals surface area contributed by atoms with Gasteiger partial charge in [-0.3, -0.25) is 9.69 Å². The smallest absolute Gasteiger partial charge is 0.234 e. The Morgan fingerprint density at radius 1 is 1.50 bits per heavy atom. The van der Waals surface area contributed by atoms with Crippen molar-refractivity contribution in [1.29, 1.82) is 0 Å². The standard InChI is InChI=1S/C14H21N3O2S/c1-4-16-13(18)9-17(2)8-10-5-6-12(19-3)11(7-10)14(15)20/h5-7H,4,8-9H2,1-3H3,(H2,15,20)(H,16,18). The minimum atomic E-state index is 0.0121. The molecule has 3 N–H and O–H groups in total. The molecule has 110 valence electrons. The zero-order valence-electron chi connectivity index (χ0n) is 12.1. The van der Waals surface area contributed by atoms with Crippen LogP contribution in [0, 0.1) is 0 Å². The number of carbonyl (C=O) groups excluding carboxylic acids is 1. The summed E-state index contributed by atoms with van der Waals surface area (Å²) in [6.07, 6.45) is 0. The van der Waals surface area contributed by atoms with Gasteiger partial charge in [-0.2, -0.15) is 0 Å². The van der Waals surface area contributed by atoms with Crippen LogP contribution in [0.4, 0.5) is 0 Å². The van der Waals surface area contributed by atoms with Crippen LogP contribution in [0.5, 0.6) is 5.75 Å². The maximum Gasteiger partial charge on any atom is 0.234 e. The molecule has 20 heavy (non-hydrogen) atoms. The van der Waals surface area contributed by atoms with Gasteiger partial charge in [-0.15, -0.1) is 0 Å². The Morgan fingerprint density at radius 2 is 2.20 bits per heavy atom. The van der Waals surface area contributed by atoms with Crippen molar-refractivity contribution in [3.8, 4) is 5.75 Å². The van der Waals surface area contributed by atoms with Gasteiger partial charge in [0.05, 0.1) is 19.2 Å². The van der Waals surface area contributed by atoms with Gasteiger partial charge in [0.2, 0.25) is 5.91 Å². The fraction of sp³-hybridized carbons (Fsp3) is 0.429. The number of nitrogens with two attached hydrogens (primary N) is 1. The van der Waals surface area contributed by atoms with Crippen LogP contribution in [-0.4, -0.2) is 43.0 Å². The number of methoxy groups -OCH3 is 1. The van der Waals surface area contributed by atoms with Crippen molar-refractivity contribution in [3.05, 3.63) is 29.3 Å². The first-order chi connectivity index (χ1) is 9.47. The van der Waals surface area contributed by atoms with E-state index in [1.54, 1.807) is 7.11 Å². The summed E-state index contributed by atoms with van der Waals surface area (Å²) >= 11 is 5.01. The number of ether oxygens (including phenoxy) is 1. The number of benzene rings is 1. The molecule has 0 atom stereocenters. The van der Waals surface area contributed by atoms with Gasteiger partial charge in [0.1, 0.15) is 10.7 Å². The molecule has 0 spiro atoms. The van der Waals surface area contributed by atoms with Gasteiger partial charge < -0.3 is 15.8 Å². The Hall–Kier alpha value is -1.66. The molecule has 0 saturated heterocycles. The van der Waals surface area contributed by atoms with Crippen LogP contribution in [0.1, 0.15) is 18.1 Å². The number of hydrogen-bond donors (Lipinski definition) is 2. The molecule has 0 unspecified atom stereocenters. The molecule has 6 heteroatoms. The van der Waals surface area contributed by atoms with Crippen LogP contribution in [0.25, 0.3) is 0 Å². The molecule has 1 aromatic carbocycles. The van der Waals surface area contributed by atoms with Crippen LogP contribution in [-0.2, 0) is 11.3 Å². The summed E-state index contributed by atoms with van der Waals surface area (Å²) in [5.74, 6) is 0.672. The number of nitrogens with zero attached hydrogens (tertiary/aromatic N) is 1. The lowest BCUT2D eigenvalue weighted by Gasteiger charge is -2.17. The summed E-state index contributed by atoms with van der Waals surface area (Å²) in [6.45, 7) is 3.52. The van der Waals surface area contributed by atoms with Gasteiger partial charge in [-0.05, 0) is 31.7 Å².